The second-order valence-electron chi connectivity index (χ2n) is 4.46. The molecule has 0 bridgehead atoms. The van der Waals surface area contributed by atoms with E-state index in [1.54, 1.807) is 23.3 Å². The van der Waals surface area contributed by atoms with E-state index in [1.165, 1.54) is 4.90 Å². The van der Waals surface area contributed by atoms with Crippen LogP contribution in [0.25, 0.3) is 0 Å². The number of hydrogen-bond acceptors (Lipinski definition) is 2. The van der Waals surface area contributed by atoms with Crippen LogP contribution in [-0.2, 0) is 6.54 Å². The molecular formula is C12H15F3N4O. The minimum atomic E-state index is -4.29. The molecule has 1 N–H and O–H groups in total. The first-order valence-electron chi connectivity index (χ1n) is 6.21. The van der Waals surface area contributed by atoms with Crippen LogP contribution < -0.4 is 5.32 Å². The molecule has 0 radical (unpaired) electrons. The molecule has 1 aliphatic heterocycles. The average molecular weight is 288 g/mol. The van der Waals surface area contributed by atoms with Gasteiger partial charge in [-0.2, -0.15) is 13.2 Å². The number of amides is 2. The van der Waals surface area contributed by atoms with Crippen LogP contribution in [0.5, 0.6) is 0 Å². The lowest BCUT2D eigenvalue weighted by molar-refractivity contribution is -0.0956. The highest BCUT2D eigenvalue weighted by molar-refractivity contribution is 5.74. The lowest BCUT2D eigenvalue weighted by atomic mass is 10.1. The summed E-state index contributed by atoms with van der Waals surface area (Å²) in [5.74, 6) is 0. The molecule has 0 spiro atoms. The number of nitrogens with zero attached hydrogens (tertiary/aromatic N) is 3. The molecule has 20 heavy (non-hydrogen) atoms. The SMILES string of the molecule is O=C(NCCn1ccnc1)N1CC=C(C(F)(F)F)CC1. The summed E-state index contributed by atoms with van der Waals surface area (Å²) in [5, 5.41) is 2.67. The van der Waals surface area contributed by atoms with Crippen LogP contribution in [0, 0.1) is 0 Å². The second kappa shape index (κ2) is 5.98. The molecule has 0 saturated heterocycles. The molecule has 8 heteroatoms. The van der Waals surface area contributed by atoms with Crippen LogP contribution in [0.2, 0.25) is 0 Å². The van der Waals surface area contributed by atoms with E-state index in [9.17, 15) is 18.0 Å². The normalized spacial score (nSPS) is 15.9. The number of carbonyl (C=O) groups is 1. The highest BCUT2D eigenvalue weighted by Crippen LogP contribution is 2.29. The van der Waals surface area contributed by atoms with Gasteiger partial charge < -0.3 is 14.8 Å². The molecule has 0 unspecified atom stereocenters. The van der Waals surface area contributed by atoms with Gasteiger partial charge in [0.05, 0.1) is 6.33 Å². The predicted molar refractivity (Wildman–Crippen MR) is 66.0 cm³/mol. The van der Waals surface area contributed by atoms with Crippen molar-refractivity contribution in [2.75, 3.05) is 19.6 Å². The minimum absolute atomic E-state index is 0.00818. The Morgan fingerprint density at radius 2 is 2.25 bits per heavy atom. The number of urea groups is 1. The Labute approximate surface area is 114 Å². The topological polar surface area (TPSA) is 50.2 Å². The molecule has 2 heterocycles. The molecule has 0 atom stereocenters. The summed E-state index contributed by atoms with van der Waals surface area (Å²) in [7, 11) is 0. The fourth-order valence-electron chi connectivity index (χ4n) is 1.93. The third-order valence-electron chi connectivity index (χ3n) is 3.07. The summed E-state index contributed by atoms with van der Waals surface area (Å²) in [6.07, 6.45) is 1.66. The first-order chi connectivity index (χ1) is 9.47. The first kappa shape index (κ1) is 14.4. The van der Waals surface area contributed by atoms with E-state index < -0.39 is 11.7 Å². The highest BCUT2D eigenvalue weighted by atomic mass is 19.4. The zero-order valence-electron chi connectivity index (χ0n) is 10.7. The van der Waals surface area contributed by atoms with Gasteiger partial charge in [-0.3, -0.25) is 0 Å². The first-order valence-corrected chi connectivity index (χ1v) is 6.21. The standard InChI is InChI=1S/C12H15F3N4O/c13-12(14,15)10-1-5-19(6-2-10)11(20)17-4-8-18-7-3-16-9-18/h1,3,7,9H,2,4-6,8H2,(H,17,20). The number of nitrogens with one attached hydrogen (secondary N) is 1. The zero-order valence-corrected chi connectivity index (χ0v) is 10.7. The van der Waals surface area contributed by atoms with Crippen LogP contribution in [0.15, 0.2) is 30.4 Å². The van der Waals surface area contributed by atoms with Crippen molar-refractivity contribution in [3.63, 3.8) is 0 Å². The van der Waals surface area contributed by atoms with Crippen molar-refractivity contribution >= 4 is 6.03 Å². The molecule has 0 aromatic carbocycles. The smallest absolute Gasteiger partial charge is 0.336 e. The molecule has 0 fully saturated rings. The molecule has 2 amide bonds. The van der Waals surface area contributed by atoms with Gasteiger partial charge >= 0.3 is 12.2 Å². The average Bonchev–Trinajstić information content (AvgIpc) is 2.91. The quantitative estimate of drug-likeness (QED) is 0.862. The number of imidazole rings is 1. The number of aromatic nitrogens is 2. The highest BCUT2D eigenvalue weighted by Gasteiger charge is 2.35. The van der Waals surface area contributed by atoms with Crippen molar-refractivity contribution < 1.29 is 18.0 Å². The van der Waals surface area contributed by atoms with Gasteiger partial charge in [-0.1, -0.05) is 6.08 Å². The van der Waals surface area contributed by atoms with Crippen molar-refractivity contribution in [2.24, 2.45) is 0 Å². The van der Waals surface area contributed by atoms with E-state index in [4.69, 9.17) is 0 Å². The summed E-state index contributed by atoms with van der Waals surface area (Å²) in [6.45, 7) is 1.05. The van der Waals surface area contributed by atoms with Crippen LogP contribution in [0.3, 0.4) is 0 Å². The van der Waals surface area contributed by atoms with Crippen molar-refractivity contribution in [3.8, 4) is 0 Å². The Morgan fingerprint density at radius 1 is 1.45 bits per heavy atom. The van der Waals surface area contributed by atoms with Gasteiger partial charge in [0, 0.05) is 44.1 Å². The fraction of sp³-hybridized carbons (Fsp3) is 0.500. The fourth-order valence-corrected chi connectivity index (χ4v) is 1.93. The van der Waals surface area contributed by atoms with E-state index in [0.29, 0.717) is 13.1 Å². The molecule has 110 valence electrons. The Hall–Kier alpha value is -1.99. The van der Waals surface area contributed by atoms with Crippen LogP contribution in [0.1, 0.15) is 6.42 Å². The van der Waals surface area contributed by atoms with E-state index in [-0.39, 0.29) is 25.5 Å². The lowest BCUT2D eigenvalue weighted by Crippen LogP contribution is -2.44. The predicted octanol–water partition coefficient (Wildman–Crippen LogP) is 1.79. The zero-order chi connectivity index (χ0) is 14.6. The third kappa shape index (κ3) is 3.75. The molecule has 0 aliphatic carbocycles. The number of alkyl halides is 3. The summed E-state index contributed by atoms with van der Waals surface area (Å²) in [5.41, 5.74) is -0.556. The van der Waals surface area contributed by atoms with Gasteiger partial charge in [0.25, 0.3) is 0 Å². The molecule has 1 aliphatic rings. The Bertz CT molecular complexity index is 481. The van der Waals surface area contributed by atoms with Crippen LogP contribution in [0.4, 0.5) is 18.0 Å². The summed E-state index contributed by atoms with van der Waals surface area (Å²) < 4.78 is 39.1. The van der Waals surface area contributed by atoms with Crippen molar-refractivity contribution in [1.29, 1.82) is 0 Å². The Kier molecular flexibility index (Phi) is 4.31. The van der Waals surface area contributed by atoms with Crippen molar-refractivity contribution in [1.82, 2.24) is 19.8 Å². The number of hydrogen-bond donors (Lipinski definition) is 1. The molecule has 1 aromatic rings. The van der Waals surface area contributed by atoms with Crippen molar-refractivity contribution in [2.45, 2.75) is 19.1 Å². The van der Waals surface area contributed by atoms with Gasteiger partial charge in [-0.05, 0) is 6.42 Å². The van der Waals surface area contributed by atoms with Gasteiger partial charge in [0.1, 0.15) is 0 Å². The molecule has 1 aromatic heterocycles. The summed E-state index contributed by atoms with van der Waals surface area (Å²) >= 11 is 0. The van der Waals surface area contributed by atoms with Gasteiger partial charge in [-0.15, -0.1) is 0 Å². The largest absolute Gasteiger partial charge is 0.412 e. The number of carbonyl (C=O) groups excluding carboxylic acids is 1. The molecule has 0 saturated carbocycles. The van der Waals surface area contributed by atoms with E-state index in [0.717, 1.165) is 6.08 Å². The third-order valence-corrected chi connectivity index (χ3v) is 3.07. The van der Waals surface area contributed by atoms with E-state index >= 15 is 0 Å². The van der Waals surface area contributed by atoms with Crippen LogP contribution in [-0.4, -0.2) is 46.3 Å². The molecule has 5 nitrogen and oxygen atoms in total. The van der Waals surface area contributed by atoms with E-state index in [2.05, 4.69) is 10.3 Å². The molecular weight excluding hydrogens is 273 g/mol. The summed E-state index contributed by atoms with van der Waals surface area (Å²) in [4.78, 5) is 17.0. The van der Waals surface area contributed by atoms with Crippen LogP contribution >= 0.6 is 0 Å². The van der Waals surface area contributed by atoms with E-state index in [1.807, 2.05) is 0 Å². The van der Waals surface area contributed by atoms with Gasteiger partial charge in [-0.25, -0.2) is 9.78 Å². The Morgan fingerprint density at radius 3 is 2.80 bits per heavy atom. The lowest BCUT2D eigenvalue weighted by Gasteiger charge is -2.27. The van der Waals surface area contributed by atoms with Gasteiger partial charge in [0.15, 0.2) is 0 Å². The summed E-state index contributed by atoms with van der Waals surface area (Å²) in [6, 6.07) is -0.345. The maximum Gasteiger partial charge on any atom is 0.412 e. The van der Waals surface area contributed by atoms with Crippen molar-refractivity contribution in [3.05, 3.63) is 30.4 Å². The second-order valence-corrected chi connectivity index (χ2v) is 4.46. The minimum Gasteiger partial charge on any atom is -0.336 e. The monoisotopic (exact) mass is 288 g/mol. The number of rotatable bonds is 3. The molecule has 2 rings (SSSR count). The number of halogens is 3. The Balaban J connectivity index is 1.76. The van der Waals surface area contributed by atoms with Gasteiger partial charge in [0.2, 0.25) is 0 Å². The maximum absolute atomic E-state index is 12.4. The maximum atomic E-state index is 12.4.